The standard InChI is InChI=1S/C15H16N2O3/c1-19-13-9-12(16)14(20-2)8-11(13)15(18)17-10-6-4-3-5-7-10/h3-9H,16H2,1-2H3,(H,17,18). The van der Waals surface area contributed by atoms with Gasteiger partial charge in [0.25, 0.3) is 5.91 Å². The van der Waals surface area contributed by atoms with Crippen LogP contribution in [0.3, 0.4) is 0 Å². The van der Waals surface area contributed by atoms with Gasteiger partial charge in [-0.05, 0) is 18.2 Å². The molecule has 0 aliphatic rings. The van der Waals surface area contributed by atoms with E-state index in [1.54, 1.807) is 24.3 Å². The summed E-state index contributed by atoms with van der Waals surface area (Å²) in [7, 11) is 2.98. The third-order valence-corrected chi connectivity index (χ3v) is 2.83. The number of benzene rings is 2. The fourth-order valence-corrected chi connectivity index (χ4v) is 1.82. The number of anilines is 2. The fourth-order valence-electron chi connectivity index (χ4n) is 1.82. The van der Waals surface area contributed by atoms with Crippen molar-refractivity contribution in [3.63, 3.8) is 0 Å². The summed E-state index contributed by atoms with van der Waals surface area (Å²) < 4.78 is 10.3. The number of nitrogens with one attached hydrogen (secondary N) is 1. The molecule has 0 radical (unpaired) electrons. The van der Waals surface area contributed by atoms with E-state index in [0.29, 0.717) is 28.4 Å². The van der Waals surface area contributed by atoms with Gasteiger partial charge in [-0.25, -0.2) is 0 Å². The van der Waals surface area contributed by atoms with Crippen LogP contribution in [0.5, 0.6) is 11.5 Å². The molecule has 0 fully saturated rings. The van der Waals surface area contributed by atoms with Crippen molar-refractivity contribution in [3.05, 3.63) is 48.0 Å². The first-order valence-electron chi connectivity index (χ1n) is 6.03. The van der Waals surface area contributed by atoms with Crippen LogP contribution in [0.25, 0.3) is 0 Å². The second kappa shape index (κ2) is 5.97. The molecule has 0 unspecified atom stereocenters. The van der Waals surface area contributed by atoms with Gasteiger partial charge in [0.1, 0.15) is 11.5 Å². The average molecular weight is 272 g/mol. The first-order chi connectivity index (χ1) is 9.65. The van der Waals surface area contributed by atoms with Crippen molar-refractivity contribution in [2.24, 2.45) is 0 Å². The van der Waals surface area contributed by atoms with Gasteiger partial charge in [-0.15, -0.1) is 0 Å². The molecule has 0 saturated heterocycles. The first kappa shape index (κ1) is 13.7. The van der Waals surface area contributed by atoms with Gasteiger partial charge >= 0.3 is 0 Å². The third kappa shape index (κ3) is 2.83. The number of carbonyl (C=O) groups excluding carboxylic acids is 1. The summed E-state index contributed by atoms with van der Waals surface area (Å²) in [6.45, 7) is 0. The number of carbonyl (C=O) groups is 1. The lowest BCUT2D eigenvalue weighted by molar-refractivity contribution is 0.102. The van der Waals surface area contributed by atoms with Crippen LogP contribution < -0.4 is 20.5 Å². The highest BCUT2D eigenvalue weighted by Crippen LogP contribution is 2.31. The minimum Gasteiger partial charge on any atom is -0.496 e. The van der Waals surface area contributed by atoms with Crippen LogP contribution in [0, 0.1) is 0 Å². The quantitative estimate of drug-likeness (QED) is 0.839. The van der Waals surface area contributed by atoms with Gasteiger partial charge in [-0.3, -0.25) is 4.79 Å². The Morgan fingerprint density at radius 1 is 1.05 bits per heavy atom. The summed E-state index contributed by atoms with van der Waals surface area (Å²) in [5.74, 6) is 0.548. The minimum atomic E-state index is -0.286. The molecule has 0 aromatic heterocycles. The Bertz CT molecular complexity index is 612. The monoisotopic (exact) mass is 272 g/mol. The largest absolute Gasteiger partial charge is 0.496 e. The Morgan fingerprint density at radius 2 is 1.70 bits per heavy atom. The van der Waals surface area contributed by atoms with E-state index in [-0.39, 0.29) is 5.91 Å². The molecule has 5 nitrogen and oxygen atoms in total. The highest BCUT2D eigenvalue weighted by molar-refractivity contribution is 6.06. The van der Waals surface area contributed by atoms with Crippen LogP contribution in [-0.2, 0) is 0 Å². The second-order valence-electron chi connectivity index (χ2n) is 4.11. The normalized spacial score (nSPS) is 9.90. The predicted molar refractivity (Wildman–Crippen MR) is 78.4 cm³/mol. The van der Waals surface area contributed by atoms with Gasteiger partial charge in [-0.2, -0.15) is 0 Å². The highest BCUT2D eigenvalue weighted by Gasteiger charge is 2.16. The maximum Gasteiger partial charge on any atom is 0.259 e. The van der Waals surface area contributed by atoms with Gasteiger partial charge in [0.2, 0.25) is 0 Å². The van der Waals surface area contributed by atoms with E-state index >= 15 is 0 Å². The summed E-state index contributed by atoms with van der Waals surface area (Å²) in [5.41, 5.74) is 7.28. The Morgan fingerprint density at radius 3 is 2.30 bits per heavy atom. The molecular formula is C15H16N2O3. The zero-order valence-corrected chi connectivity index (χ0v) is 11.3. The molecular weight excluding hydrogens is 256 g/mol. The molecule has 0 atom stereocenters. The smallest absolute Gasteiger partial charge is 0.259 e. The number of hydrogen-bond acceptors (Lipinski definition) is 4. The lowest BCUT2D eigenvalue weighted by Gasteiger charge is -2.12. The van der Waals surface area contributed by atoms with Crippen molar-refractivity contribution in [3.8, 4) is 11.5 Å². The summed E-state index contributed by atoms with van der Waals surface area (Å²) in [5, 5.41) is 2.79. The van der Waals surface area contributed by atoms with Crippen LogP contribution >= 0.6 is 0 Å². The molecule has 0 saturated carbocycles. The molecule has 0 bridgehead atoms. The Kier molecular flexibility index (Phi) is 4.10. The van der Waals surface area contributed by atoms with Crippen molar-refractivity contribution in [1.82, 2.24) is 0 Å². The molecule has 0 aliphatic carbocycles. The van der Waals surface area contributed by atoms with Crippen molar-refractivity contribution >= 4 is 17.3 Å². The first-order valence-corrected chi connectivity index (χ1v) is 6.03. The lowest BCUT2D eigenvalue weighted by atomic mass is 10.1. The Balaban J connectivity index is 2.33. The summed E-state index contributed by atoms with van der Waals surface area (Å²) >= 11 is 0. The number of methoxy groups -OCH3 is 2. The molecule has 5 heteroatoms. The molecule has 1 amide bonds. The Labute approximate surface area is 117 Å². The van der Waals surface area contributed by atoms with Crippen molar-refractivity contribution in [1.29, 1.82) is 0 Å². The van der Waals surface area contributed by atoms with Gasteiger partial charge < -0.3 is 20.5 Å². The van der Waals surface area contributed by atoms with Crippen molar-refractivity contribution in [2.45, 2.75) is 0 Å². The number of para-hydroxylation sites is 1. The van der Waals surface area contributed by atoms with Crippen LogP contribution in [0.1, 0.15) is 10.4 Å². The number of ether oxygens (including phenoxy) is 2. The predicted octanol–water partition coefficient (Wildman–Crippen LogP) is 2.54. The molecule has 104 valence electrons. The van der Waals surface area contributed by atoms with Gasteiger partial charge in [-0.1, -0.05) is 18.2 Å². The summed E-state index contributed by atoms with van der Waals surface area (Å²) in [4.78, 5) is 12.3. The van der Waals surface area contributed by atoms with Crippen molar-refractivity contribution in [2.75, 3.05) is 25.3 Å². The molecule has 2 aromatic carbocycles. The van der Waals surface area contributed by atoms with Gasteiger partial charge in [0, 0.05) is 11.8 Å². The van der Waals surface area contributed by atoms with Crippen LogP contribution in [-0.4, -0.2) is 20.1 Å². The molecule has 3 N–H and O–H groups in total. The van der Waals surface area contributed by atoms with E-state index < -0.39 is 0 Å². The Hall–Kier alpha value is -2.69. The maximum atomic E-state index is 12.3. The number of nitrogen functional groups attached to an aromatic ring is 1. The van der Waals surface area contributed by atoms with E-state index in [4.69, 9.17) is 15.2 Å². The maximum absolute atomic E-state index is 12.3. The SMILES string of the molecule is COc1cc(C(=O)Nc2ccccc2)c(OC)cc1N. The average Bonchev–Trinajstić information content (AvgIpc) is 2.47. The molecule has 0 aliphatic heterocycles. The topological polar surface area (TPSA) is 73.6 Å². The molecule has 2 aromatic rings. The number of hydrogen-bond donors (Lipinski definition) is 2. The second-order valence-corrected chi connectivity index (χ2v) is 4.11. The summed E-state index contributed by atoms with van der Waals surface area (Å²) in [6.07, 6.45) is 0. The van der Waals surface area contributed by atoms with E-state index in [9.17, 15) is 4.79 Å². The van der Waals surface area contributed by atoms with Crippen LogP contribution in [0.15, 0.2) is 42.5 Å². The van der Waals surface area contributed by atoms with E-state index in [1.807, 2.05) is 18.2 Å². The molecule has 0 heterocycles. The van der Waals surface area contributed by atoms with Crippen molar-refractivity contribution < 1.29 is 14.3 Å². The number of amides is 1. The number of rotatable bonds is 4. The number of nitrogens with two attached hydrogens (primary N) is 1. The minimum absolute atomic E-state index is 0.286. The van der Waals surface area contributed by atoms with Gasteiger partial charge in [0.15, 0.2) is 0 Å². The van der Waals surface area contributed by atoms with Crippen LogP contribution in [0.2, 0.25) is 0 Å². The molecule has 0 spiro atoms. The summed E-state index contributed by atoms with van der Waals surface area (Å²) in [6, 6.07) is 12.3. The van der Waals surface area contributed by atoms with Crippen LogP contribution in [0.4, 0.5) is 11.4 Å². The fraction of sp³-hybridized carbons (Fsp3) is 0.133. The molecule has 2 rings (SSSR count). The third-order valence-electron chi connectivity index (χ3n) is 2.83. The molecule has 20 heavy (non-hydrogen) atoms. The van der Waals surface area contributed by atoms with E-state index in [2.05, 4.69) is 5.32 Å². The highest BCUT2D eigenvalue weighted by atomic mass is 16.5. The van der Waals surface area contributed by atoms with E-state index in [1.165, 1.54) is 14.2 Å². The zero-order valence-electron chi connectivity index (χ0n) is 11.3. The zero-order chi connectivity index (χ0) is 14.5. The van der Waals surface area contributed by atoms with E-state index in [0.717, 1.165) is 0 Å². The van der Waals surface area contributed by atoms with Gasteiger partial charge in [0.05, 0.1) is 25.5 Å². The lowest BCUT2D eigenvalue weighted by Crippen LogP contribution is -2.13.